The van der Waals surface area contributed by atoms with Crippen LogP contribution in [0.4, 0.5) is 5.69 Å². The van der Waals surface area contributed by atoms with Gasteiger partial charge in [0.1, 0.15) is 10.5 Å². The van der Waals surface area contributed by atoms with Crippen LogP contribution in [0.3, 0.4) is 0 Å². The lowest BCUT2D eigenvalue weighted by Gasteiger charge is -2.19. The first kappa shape index (κ1) is 15.4. The van der Waals surface area contributed by atoms with Gasteiger partial charge in [0.2, 0.25) is 0 Å². The van der Waals surface area contributed by atoms with Crippen LogP contribution in [0.2, 0.25) is 4.34 Å². The molecule has 0 aromatic carbocycles. The Morgan fingerprint density at radius 2 is 1.95 bits per heavy atom. The Kier molecular flexibility index (Phi) is 4.14. The van der Waals surface area contributed by atoms with Crippen molar-refractivity contribution in [3.05, 3.63) is 26.9 Å². The number of halogens is 1. The van der Waals surface area contributed by atoms with E-state index in [-0.39, 0.29) is 5.97 Å². The van der Waals surface area contributed by atoms with Crippen molar-refractivity contribution in [1.82, 2.24) is 0 Å². The molecule has 0 aliphatic rings. The molecule has 0 aliphatic carbocycles. The molecule has 2 aromatic heterocycles. The van der Waals surface area contributed by atoms with Gasteiger partial charge in [-0.15, -0.1) is 22.7 Å². The van der Waals surface area contributed by atoms with E-state index in [1.165, 1.54) is 22.7 Å². The minimum absolute atomic E-state index is 0.378. The van der Waals surface area contributed by atoms with Crippen molar-refractivity contribution in [2.24, 2.45) is 0 Å². The van der Waals surface area contributed by atoms with Crippen molar-refractivity contribution in [3.8, 4) is 9.75 Å². The molecule has 0 aliphatic heterocycles. The van der Waals surface area contributed by atoms with Gasteiger partial charge in [-0.3, -0.25) is 0 Å². The van der Waals surface area contributed by atoms with E-state index in [9.17, 15) is 4.79 Å². The lowest BCUT2D eigenvalue weighted by atomic mass is 10.2. The van der Waals surface area contributed by atoms with Gasteiger partial charge in [0.15, 0.2) is 0 Å². The van der Waals surface area contributed by atoms with Crippen LogP contribution in [-0.2, 0) is 4.74 Å². The van der Waals surface area contributed by atoms with Crippen molar-refractivity contribution in [1.29, 1.82) is 0 Å². The molecule has 3 nitrogen and oxygen atoms in total. The van der Waals surface area contributed by atoms with Crippen LogP contribution in [-0.4, -0.2) is 11.6 Å². The monoisotopic (exact) mass is 329 g/mol. The maximum atomic E-state index is 12.2. The Balaban J connectivity index is 2.40. The summed E-state index contributed by atoms with van der Waals surface area (Å²) < 4.78 is 6.10. The van der Waals surface area contributed by atoms with E-state index in [4.69, 9.17) is 22.1 Å². The molecule has 0 spiro atoms. The summed E-state index contributed by atoms with van der Waals surface area (Å²) in [5.41, 5.74) is 6.90. The van der Waals surface area contributed by atoms with Gasteiger partial charge in [0.25, 0.3) is 0 Å². The second-order valence-corrected chi connectivity index (χ2v) is 8.14. The van der Waals surface area contributed by atoms with Crippen LogP contribution in [0.1, 0.15) is 36.0 Å². The minimum Gasteiger partial charge on any atom is -0.456 e. The standard InChI is InChI=1S/C14H16ClNO2S2/c1-7-10(16)12(13(17)18-14(2,3)4)20-11(7)8-5-6-9(15)19-8/h5-6H,16H2,1-4H3. The molecule has 0 radical (unpaired) electrons. The van der Waals surface area contributed by atoms with E-state index in [0.717, 1.165) is 15.3 Å². The number of carbonyl (C=O) groups is 1. The molecule has 108 valence electrons. The number of anilines is 1. The number of thiophene rings is 2. The number of esters is 1. The maximum Gasteiger partial charge on any atom is 0.351 e. The smallest absolute Gasteiger partial charge is 0.351 e. The van der Waals surface area contributed by atoms with Gasteiger partial charge in [0, 0.05) is 4.88 Å². The van der Waals surface area contributed by atoms with E-state index >= 15 is 0 Å². The van der Waals surface area contributed by atoms with E-state index < -0.39 is 5.60 Å². The Morgan fingerprint density at radius 1 is 1.30 bits per heavy atom. The number of rotatable bonds is 2. The number of hydrogen-bond acceptors (Lipinski definition) is 5. The zero-order valence-electron chi connectivity index (χ0n) is 11.7. The highest BCUT2D eigenvalue weighted by atomic mass is 35.5. The molecular weight excluding hydrogens is 314 g/mol. The number of nitrogen functional groups attached to an aromatic ring is 1. The first-order chi connectivity index (χ1) is 9.19. The summed E-state index contributed by atoms with van der Waals surface area (Å²) >= 11 is 8.78. The number of carbonyl (C=O) groups excluding carboxylic acids is 1. The van der Waals surface area contributed by atoms with Crippen molar-refractivity contribution in [2.45, 2.75) is 33.3 Å². The van der Waals surface area contributed by atoms with Gasteiger partial charge >= 0.3 is 5.97 Å². The predicted molar refractivity (Wildman–Crippen MR) is 87.0 cm³/mol. The Morgan fingerprint density at radius 3 is 2.45 bits per heavy atom. The number of hydrogen-bond donors (Lipinski definition) is 1. The van der Waals surface area contributed by atoms with Crippen LogP contribution in [0.25, 0.3) is 9.75 Å². The van der Waals surface area contributed by atoms with E-state index in [1.54, 1.807) is 0 Å². The molecule has 0 saturated heterocycles. The zero-order valence-corrected chi connectivity index (χ0v) is 14.1. The van der Waals surface area contributed by atoms with Crippen LogP contribution in [0.15, 0.2) is 12.1 Å². The molecule has 20 heavy (non-hydrogen) atoms. The highest BCUT2D eigenvalue weighted by molar-refractivity contribution is 7.25. The third kappa shape index (κ3) is 3.16. The molecule has 0 fully saturated rings. The van der Waals surface area contributed by atoms with Crippen LogP contribution in [0.5, 0.6) is 0 Å². The summed E-state index contributed by atoms with van der Waals surface area (Å²) in [6, 6.07) is 3.77. The van der Waals surface area contributed by atoms with Gasteiger partial charge in [-0.05, 0) is 45.4 Å². The van der Waals surface area contributed by atoms with Crippen LogP contribution >= 0.6 is 34.3 Å². The third-order valence-corrected chi connectivity index (χ3v) is 5.27. The molecule has 2 rings (SSSR count). The van der Waals surface area contributed by atoms with Crippen LogP contribution < -0.4 is 5.73 Å². The largest absolute Gasteiger partial charge is 0.456 e. The lowest BCUT2D eigenvalue weighted by Crippen LogP contribution is -2.23. The Labute approximate surface area is 131 Å². The van der Waals surface area contributed by atoms with E-state index in [0.29, 0.717) is 14.9 Å². The average molecular weight is 330 g/mol. The number of ether oxygens (including phenoxy) is 1. The molecule has 0 atom stereocenters. The molecule has 2 N–H and O–H groups in total. The van der Waals surface area contributed by atoms with E-state index in [2.05, 4.69) is 0 Å². The highest BCUT2D eigenvalue weighted by Crippen LogP contribution is 2.42. The minimum atomic E-state index is -0.534. The Hall–Kier alpha value is -1.04. The molecule has 2 aromatic rings. The topological polar surface area (TPSA) is 52.3 Å². The normalized spacial score (nSPS) is 11.7. The quantitative estimate of drug-likeness (QED) is 0.791. The van der Waals surface area contributed by atoms with Gasteiger partial charge in [-0.2, -0.15) is 0 Å². The van der Waals surface area contributed by atoms with Gasteiger partial charge < -0.3 is 10.5 Å². The second-order valence-electron chi connectivity index (χ2n) is 5.40. The predicted octanol–water partition coefficient (Wildman–Crippen LogP) is 4.98. The fourth-order valence-electron chi connectivity index (χ4n) is 1.67. The summed E-state index contributed by atoms with van der Waals surface area (Å²) in [5.74, 6) is -0.378. The molecule has 0 bridgehead atoms. The van der Waals surface area contributed by atoms with Crippen molar-refractivity contribution in [3.63, 3.8) is 0 Å². The third-order valence-electron chi connectivity index (χ3n) is 2.57. The highest BCUT2D eigenvalue weighted by Gasteiger charge is 2.25. The van der Waals surface area contributed by atoms with Crippen molar-refractivity contribution in [2.75, 3.05) is 5.73 Å². The first-order valence-corrected chi connectivity index (χ1v) is 8.08. The summed E-state index contributed by atoms with van der Waals surface area (Å²) in [6.07, 6.45) is 0. The summed E-state index contributed by atoms with van der Waals surface area (Å²) in [6.45, 7) is 7.41. The van der Waals surface area contributed by atoms with Crippen molar-refractivity contribution < 1.29 is 9.53 Å². The zero-order chi connectivity index (χ0) is 15.1. The Bertz CT molecular complexity index is 653. The van der Waals surface area contributed by atoms with Gasteiger partial charge in [0.05, 0.1) is 14.9 Å². The molecule has 6 heteroatoms. The second kappa shape index (κ2) is 5.39. The molecule has 0 saturated carbocycles. The lowest BCUT2D eigenvalue weighted by molar-refractivity contribution is 0.00763. The van der Waals surface area contributed by atoms with Gasteiger partial charge in [-0.25, -0.2) is 4.79 Å². The fourth-order valence-corrected chi connectivity index (χ4v) is 3.99. The molecular formula is C14H16ClNO2S2. The number of nitrogens with two attached hydrogens (primary N) is 1. The SMILES string of the molecule is Cc1c(-c2ccc(Cl)s2)sc(C(=O)OC(C)(C)C)c1N. The molecule has 0 unspecified atom stereocenters. The maximum absolute atomic E-state index is 12.2. The average Bonchev–Trinajstić information content (AvgIpc) is 2.83. The van der Waals surface area contributed by atoms with Gasteiger partial charge in [-0.1, -0.05) is 11.6 Å². The summed E-state index contributed by atoms with van der Waals surface area (Å²) in [4.78, 5) is 14.6. The van der Waals surface area contributed by atoms with E-state index in [1.807, 2.05) is 39.8 Å². The fraction of sp³-hybridized carbons (Fsp3) is 0.357. The summed E-state index contributed by atoms with van der Waals surface area (Å²) in [5, 5.41) is 0. The molecule has 2 heterocycles. The van der Waals surface area contributed by atoms with Crippen LogP contribution in [0, 0.1) is 6.92 Å². The first-order valence-electron chi connectivity index (χ1n) is 6.07. The summed E-state index contributed by atoms with van der Waals surface area (Å²) in [7, 11) is 0. The van der Waals surface area contributed by atoms with Crippen molar-refractivity contribution >= 4 is 45.9 Å². The molecule has 0 amide bonds.